The fourth-order valence-electron chi connectivity index (χ4n) is 2.37. The molecule has 0 aromatic heterocycles. The monoisotopic (exact) mass is 344 g/mol. The van der Waals surface area contributed by atoms with Crippen molar-refractivity contribution in [1.82, 2.24) is 5.32 Å². The molecule has 3 aliphatic rings. The van der Waals surface area contributed by atoms with Gasteiger partial charge >= 0.3 is 0 Å². The first-order chi connectivity index (χ1) is 11.7. The van der Waals surface area contributed by atoms with Crippen molar-refractivity contribution in [3.05, 3.63) is 23.8 Å². The molecule has 0 radical (unpaired) electrons. The van der Waals surface area contributed by atoms with Crippen molar-refractivity contribution in [2.24, 2.45) is 15.0 Å². The fraction of sp³-hybridized carbons (Fsp3) is 0.267. The van der Waals surface area contributed by atoms with Gasteiger partial charge in [-0.3, -0.25) is 9.59 Å². The summed E-state index contributed by atoms with van der Waals surface area (Å²) in [5, 5.41) is 2.86. The highest BCUT2D eigenvalue weighted by atomic mass is 32.2. The molecule has 0 aliphatic carbocycles. The number of hydrogen-bond acceptors (Lipinski definition) is 8. The first kappa shape index (κ1) is 14.9. The minimum absolute atomic E-state index is 0.0808. The number of rotatable bonds is 3. The summed E-state index contributed by atoms with van der Waals surface area (Å²) in [6.45, 7) is 0.977. The predicted molar refractivity (Wildman–Crippen MR) is 89.5 cm³/mol. The summed E-state index contributed by atoms with van der Waals surface area (Å²) < 4.78 is 10.9. The Morgan fingerprint density at radius 2 is 2.12 bits per heavy atom. The minimum Gasteiger partial charge on any atom is -0.486 e. The van der Waals surface area contributed by atoms with Gasteiger partial charge in [-0.25, -0.2) is 15.0 Å². The minimum atomic E-state index is -0.707. The molecule has 24 heavy (non-hydrogen) atoms. The van der Waals surface area contributed by atoms with Crippen LogP contribution in [0, 0.1) is 0 Å². The van der Waals surface area contributed by atoms with Crippen molar-refractivity contribution in [3.8, 4) is 11.5 Å². The fourth-order valence-corrected chi connectivity index (χ4v) is 3.14. The van der Waals surface area contributed by atoms with E-state index in [0.29, 0.717) is 41.3 Å². The van der Waals surface area contributed by atoms with Gasteiger partial charge in [0.15, 0.2) is 34.3 Å². The lowest BCUT2D eigenvalue weighted by Crippen LogP contribution is -2.40. The van der Waals surface area contributed by atoms with Crippen molar-refractivity contribution in [3.63, 3.8) is 0 Å². The van der Waals surface area contributed by atoms with E-state index in [-0.39, 0.29) is 17.4 Å². The smallest absolute Gasteiger partial charge is 0.257 e. The van der Waals surface area contributed by atoms with E-state index in [1.807, 2.05) is 0 Å². The van der Waals surface area contributed by atoms with Gasteiger partial charge in [0, 0.05) is 5.56 Å². The third-order valence-corrected chi connectivity index (χ3v) is 4.40. The number of hydrogen-bond donors (Lipinski definition) is 1. The standard InChI is InChI=1S/C15H12N4O4S/c20-9(8-1-2-10-11(5-8)23-4-3-22-10)6-24-15-18-12-13(19-15)16-7-17-14(12)21/h1-2,5,7,12H,3-4,6H2,(H,16,17,18,19,21). The Morgan fingerprint density at radius 3 is 2.96 bits per heavy atom. The van der Waals surface area contributed by atoms with E-state index in [9.17, 15) is 9.59 Å². The van der Waals surface area contributed by atoms with Gasteiger partial charge < -0.3 is 14.8 Å². The summed E-state index contributed by atoms with van der Waals surface area (Å²) in [5.74, 6) is 1.39. The predicted octanol–water partition coefficient (Wildman–Crippen LogP) is 0.668. The molecule has 1 amide bonds. The number of ether oxygens (including phenoxy) is 2. The second-order valence-corrected chi connectivity index (χ2v) is 6.06. The van der Waals surface area contributed by atoms with Crippen LogP contribution in [0.1, 0.15) is 10.4 Å². The lowest BCUT2D eigenvalue weighted by Gasteiger charge is -2.18. The van der Waals surface area contributed by atoms with Crippen LogP contribution in [0.2, 0.25) is 0 Å². The van der Waals surface area contributed by atoms with Gasteiger partial charge in [-0.1, -0.05) is 11.8 Å². The molecule has 1 aromatic rings. The molecule has 1 N–H and O–H groups in total. The molecule has 4 rings (SSSR count). The molecule has 122 valence electrons. The zero-order valence-corrected chi connectivity index (χ0v) is 13.2. The van der Waals surface area contributed by atoms with E-state index in [1.54, 1.807) is 18.2 Å². The van der Waals surface area contributed by atoms with Crippen molar-refractivity contribution < 1.29 is 19.1 Å². The Bertz CT molecular complexity index is 818. The van der Waals surface area contributed by atoms with Crippen LogP contribution in [0.4, 0.5) is 0 Å². The zero-order valence-electron chi connectivity index (χ0n) is 12.4. The first-order valence-electron chi connectivity index (χ1n) is 7.26. The molecule has 1 atom stereocenters. The molecule has 0 saturated heterocycles. The molecule has 0 bridgehead atoms. The summed E-state index contributed by atoms with van der Waals surface area (Å²) in [5.41, 5.74) is 0.534. The van der Waals surface area contributed by atoms with Crippen molar-refractivity contribution in [2.75, 3.05) is 19.0 Å². The maximum absolute atomic E-state index is 12.3. The summed E-state index contributed by atoms with van der Waals surface area (Å²) in [6.07, 6.45) is 1.29. The van der Waals surface area contributed by atoms with Gasteiger partial charge in [0.1, 0.15) is 13.2 Å². The third kappa shape index (κ3) is 2.78. The van der Waals surface area contributed by atoms with Crippen molar-refractivity contribution in [1.29, 1.82) is 0 Å². The normalized spacial score (nSPS) is 20.8. The average molecular weight is 344 g/mol. The maximum atomic E-state index is 12.3. The summed E-state index contributed by atoms with van der Waals surface area (Å²) in [6, 6.07) is 4.41. The number of carbonyl (C=O) groups excluding carboxylic acids is 2. The van der Waals surface area contributed by atoms with Crippen LogP contribution in [0.3, 0.4) is 0 Å². The lowest BCUT2D eigenvalue weighted by molar-refractivity contribution is -0.119. The molecule has 3 heterocycles. The zero-order chi connectivity index (χ0) is 16.5. The van der Waals surface area contributed by atoms with Crippen molar-refractivity contribution in [2.45, 2.75) is 6.04 Å². The van der Waals surface area contributed by atoms with Gasteiger partial charge in [-0.15, -0.1) is 0 Å². The Hall–Kier alpha value is -2.68. The SMILES string of the molecule is O=C(CSC1=NC2C(=O)NC=NC2=N1)c1ccc2c(c1)OCCO2. The van der Waals surface area contributed by atoms with Crippen LogP contribution >= 0.6 is 11.8 Å². The first-order valence-corrected chi connectivity index (χ1v) is 8.24. The number of thioether (sulfide) groups is 1. The molecule has 0 fully saturated rings. The third-order valence-electron chi connectivity index (χ3n) is 3.54. The molecular weight excluding hydrogens is 332 g/mol. The molecule has 8 nitrogen and oxygen atoms in total. The largest absolute Gasteiger partial charge is 0.486 e. The number of carbonyl (C=O) groups is 2. The van der Waals surface area contributed by atoms with Crippen LogP contribution in [-0.4, -0.2) is 54.0 Å². The Balaban J connectivity index is 1.42. The topological polar surface area (TPSA) is 102 Å². The molecule has 3 aliphatic heterocycles. The highest BCUT2D eigenvalue weighted by molar-refractivity contribution is 8.14. The number of aliphatic imine (C=N–C) groups is 3. The molecule has 1 aromatic carbocycles. The van der Waals surface area contributed by atoms with Crippen LogP contribution in [0.5, 0.6) is 11.5 Å². The van der Waals surface area contributed by atoms with Gasteiger partial charge in [0.25, 0.3) is 5.91 Å². The molecule has 9 heteroatoms. The summed E-state index contributed by atoms with van der Waals surface area (Å²) >= 11 is 1.18. The van der Waals surface area contributed by atoms with Gasteiger partial charge in [-0.2, -0.15) is 0 Å². The Morgan fingerprint density at radius 1 is 1.29 bits per heavy atom. The number of nitrogens with zero attached hydrogens (tertiary/aromatic N) is 3. The van der Waals surface area contributed by atoms with E-state index in [0.717, 1.165) is 0 Å². The van der Waals surface area contributed by atoms with Crippen LogP contribution < -0.4 is 14.8 Å². The average Bonchev–Trinajstić information content (AvgIpc) is 3.04. The Labute approximate surface area is 141 Å². The lowest BCUT2D eigenvalue weighted by atomic mass is 10.1. The highest BCUT2D eigenvalue weighted by Crippen LogP contribution is 2.31. The second-order valence-electron chi connectivity index (χ2n) is 5.12. The maximum Gasteiger partial charge on any atom is 0.257 e. The number of fused-ring (bicyclic) bond motifs is 2. The van der Waals surface area contributed by atoms with Crippen LogP contribution in [0.25, 0.3) is 0 Å². The number of amidine groups is 2. The molecule has 1 unspecified atom stereocenters. The quantitative estimate of drug-likeness (QED) is 0.812. The highest BCUT2D eigenvalue weighted by Gasteiger charge is 2.31. The van der Waals surface area contributed by atoms with E-state index < -0.39 is 6.04 Å². The number of amides is 1. The number of ketones is 1. The van der Waals surface area contributed by atoms with Crippen LogP contribution in [0.15, 0.2) is 33.2 Å². The van der Waals surface area contributed by atoms with E-state index in [4.69, 9.17) is 9.47 Å². The molecule has 0 spiro atoms. The number of nitrogens with one attached hydrogen (secondary N) is 1. The second kappa shape index (κ2) is 6.08. The number of benzene rings is 1. The van der Waals surface area contributed by atoms with Gasteiger partial charge in [-0.05, 0) is 18.2 Å². The van der Waals surface area contributed by atoms with Crippen LogP contribution in [-0.2, 0) is 4.79 Å². The Kier molecular flexibility index (Phi) is 3.77. The summed E-state index contributed by atoms with van der Waals surface area (Å²) in [4.78, 5) is 36.3. The number of Topliss-reactive ketones (excluding diaryl/α,β-unsaturated/α-hetero) is 1. The van der Waals surface area contributed by atoms with E-state index in [2.05, 4.69) is 20.3 Å². The van der Waals surface area contributed by atoms with E-state index in [1.165, 1.54) is 18.1 Å². The summed E-state index contributed by atoms with van der Waals surface area (Å²) in [7, 11) is 0. The van der Waals surface area contributed by atoms with Gasteiger partial charge in [0.05, 0.1) is 12.1 Å². The van der Waals surface area contributed by atoms with E-state index >= 15 is 0 Å². The van der Waals surface area contributed by atoms with Gasteiger partial charge in [0.2, 0.25) is 0 Å². The molecule has 0 saturated carbocycles. The van der Waals surface area contributed by atoms with Crippen molar-refractivity contribution >= 4 is 40.8 Å². The molecular formula is C15H12N4O4S.